The summed E-state index contributed by atoms with van der Waals surface area (Å²) in [6.07, 6.45) is 4.97. The van der Waals surface area contributed by atoms with Crippen molar-refractivity contribution in [1.82, 2.24) is 19.0 Å². The average molecular weight is 630 g/mol. The van der Waals surface area contributed by atoms with E-state index in [2.05, 4.69) is 28.8 Å². The lowest BCUT2D eigenvalue weighted by atomic mass is 10.0. The number of anilines is 1. The first-order valence-electron chi connectivity index (χ1n) is 18.7. The van der Waals surface area contributed by atoms with Gasteiger partial charge in [0.15, 0.2) is 0 Å². The van der Waals surface area contributed by atoms with E-state index in [0.29, 0.717) is 22.9 Å². The molecule has 0 saturated carbocycles. The van der Waals surface area contributed by atoms with Gasteiger partial charge in [0.25, 0.3) is 0 Å². The molecular weight excluding hydrogens is 590 g/mol. The molecule has 0 aliphatic carbocycles. The molecule has 232 valence electrons. The maximum Gasteiger partial charge on any atom is 0.137 e. The van der Waals surface area contributed by atoms with Crippen molar-refractivity contribution in [1.29, 1.82) is 0 Å². The fourth-order valence-electron chi connectivity index (χ4n) is 6.72. The van der Waals surface area contributed by atoms with Crippen molar-refractivity contribution in [2.24, 2.45) is 0 Å². The van der Waals surface area contributed by atoms with E-state index in [1.54, 1.807) is 24.7 Å². The highest BCUT2D eigenvalue weighted by atomic mass is 16.5. The molecule has 0 amide bonds. The molecule has 48 heavy (non-hydrogen) atoms. The first-order valence-corrected chi connectivity index (χ1v) is 15.7. The molecule has 0 radical (unpaired) electrons. The first-order chi connectivity index (χ1) is 26.0. The highest BCUT2D eigenvalue weighted by Crippen LogP contribution is 2.42. The predicted octanol–water partition coefficient (Wildman–Crippen LogP) is 10.1. The summed E-state index contributed by atoms with van der Waals surface area (Å²) in [5, 5.41) is 1.92. The van der Waals surface area contributed by atoms with Crippen LogP contribution in [0.25, 0.3) is 55.5 Å². The minimum absolute atomic E-state index is 0.193. The summed E-state index contributed by atoms with van der Waals surface area (Å²) in [5.74, 6) is 1.61. The van der Waals surface area contributed by atoms with Crippen molar-refractivity contribution in [3.63, 3.8) is 0 Å². The Morgan fingerprint density at radius 3 is 2.23 bits per heavy atom. The predicted molar refractivity (Wildman–Crippen MR) is 196 cm³/mol. The Morgan fingerprint density at radius 2 is 1.40 bits per heavy atom. The lowest BCUT2D eigenvalue weighted by molar-refractivity contribution is 0.481. The molecular formula is C42H33N5O. The summed E-state index contributed by atoms with van der Waals surface area (Å²) >= 11 is 0. The maximum atomic E-state index is 8.57. The number of fused-ring (bicyclic) bond motifs is 5. The number of rotatable bonds is 6. The van der Waals surface area contributed by atoms with Crippen molar-refractivity contribution in [2.75, 3.05) is 18.5 Å². The molecule has 1 aliphatic heterocycles. The average Bonchev–Trinajstić information content (AvgIpc) is 3.89. The minimum atomic E-state index is -2.41. The van der Waals surface area contributed by atoms with Crippen molar-refractivity contribution >= 4 is 38.5 Å². The van der Waals surface area contributed by atoms with Crippen LogP contribution >= 0.6 is 0 Å². The number of aromatic nitrogens is 3. The van der Waals surface area contributed by atoms with Crippen LogP contribution in [0, 0.1) is 6.85 Å². The number of hydrogen-bond acceptors (Lipinski definition) is 4. The van der Waals surface area contributed by atoms with Crippen molar-refractivity contribution in [3.8, 4) is 34.1 Å². The summed E-state index contributed by atoms with van der Waals surface area (Å²) in [6, 6.07) is 42.9. The third-order valence-electron chi connectivity index (χ3n) is 8.87. The van der Waals surface area contributed by atoms with Gasteiger partial charge in [-0.05, 0) is 66.5 Å². The largest absolute Gasteiger partial charge is 0.457 e. The highest BCUT2D eigenvalue weighted by Gasteiger charge is 2.23. The Labute approximate surface area is 287 Å². The second-order valence-corrected chi connectivity index (χ2v) is 11.8. The zero-order valence-corrected chi connectivity index (χ0v) is 25.8. The van der Waals surface area contributed by atoms with E-state index in [9.17, 15) is 0 Å². The van der Waals surface area contributed by atoms with Gasteiger partial charge in [-0.25, -0.2) is 4.98 Å². The van der Waals surface area contributed by atoms with Crippen LogP contribution < -0.4 is 9.64 Å². The topological polar surface area (TPSA) is 38.5 Å². The molecule has 3 aromatic heterocycles. The van der Waals surface area contributed by atoms with Crippen LogP contribution in [0.2, 0.25) is 0 Å². The molecule has 0 saturated heterocycles. The molecule has 6 heteroatoms. The van der Waals surface area contributed by atoms with Crippen molar-refractivity contribution in [2.45, 2.75) is 6.85 Å². The molecule has 0 atom stereocenters. The number of ether oxygens (including phenoxy) is 1. The fraction of sp³-hybridized carbons (Fsp3) is 0.0714. The van der Waals surface area contributed by atoms with E-state index in [0.717, 1.165) is 49.8 Å². The van der Waals surface area contributed by atoms with Gasteiger partial charge in [-0.2, -0.15) is 0 Å². The molecule has 9 rings (SSSR count). The Hall–Kier alpha value is -6.27. The highest BCUT2D eigenvalue weighted by molar-refractivity contribution is 6.20. The molecule has 1 aliphatic rings. The molecule has 8 aromatic rings. The zero-order chi connectivity index (χ0) is 37.2. The van der Waals surface area contributed by atoms with Crippen LogP contribution in [-0.2, 0) is 0 Å². The van der Waals surface area contributed by atoms with Gasteiger partial charge in [0, 0.05) is 73.6 Å². The maximum absolute atomic E-state index is 8.57. The molecule has 5 aromatic carbocycles. The summed E-state index contributed by atoms with van der Waals surface area (Å²) in [5.41, 5.74) is 6.95. The third kappa shape index (κ3) is 4.61. The molecule has 4 heterocycles. The number of pyridine rings is 1. The number of para-hydroxylation sites is 2. The smallest absolute Gasteiger partial charge is 0.137 e. The van der Waals surface area contributed by atoms with E-state index in [4.69, 9.17) is 17.9 Å². The molecule has 0 spiro atoms. The van der Waals surface area contributed by atoms with Gasteiger partial charge >= 0.3 is 0 Å². The molecule has 0 bridgehead atoms. The summed E-state index contributed by atoms with van der Waals surface area (Å²) in [4.78, 5) is 8.11. The summed E-state index contributed by atoms with van der Waals surface area (Å²) < 4.78 is 59.8. The monoisotopic (exact) mass is 629 g/mol. The normalized spacial score (nSPS) is 15.3. The summed E-state index contributed by atoms with van der Waals surface area (Å²) in [7, 11) is 0. The lowest BCUT2D eigenvalue weighted by Crippen LogP contribution is -2.21. The third-order valence-corrected chi connectivity index (χ3v) is 8.87. The minimum Gasteiger partial charge on any atom is -0.457 e. The van der Waals surface area contributed by atoms with Gasteiger partial charge in [-0.3, -0.25) is 4.57 Å². The van der Waals surface area contributed by atoms with Crippen molar-refractivity contribution < 1.29 is 13.0 Å². The van der Waals surface area contributed by atoms with E-state index in [-0.39, 0.29) is 12.2 Å². The number of nitrogens with zero attached hydrogens (tertiary/aromatic N) is 5. The van der Waals surface area contributed by atoms with Crippen LogP contribution in [0.4, 0.5) is 5.69 Å². The fourth-order valence-corrected chi connectivity index (χ4v) is 6.72. The summed E-state index contributed by atoms with van der Waals surface area (Å²) in [6.45, 7) is -4.45. The van der Waals surface area contributed by atoms with Gasteiger partial charge in [0.2, 0.25) is 0 Å². The molecule has 0 unspecified atom stereocenters. The lowest BCUT2D eigenvalue weighted by Gasteiger charge is -2.19. The first kappa shape index (κ1) is 22.3. The Balaban J connectivity index is 1.24. The Morgan fingerprint density at radius 1 is 0.646 bits per heavy atom. The van der Waals surface area contributed by atoms with Crippen molar-refractivity contribution in [3.05, 3.63) is 158 Å². The van der Waals surface area contributed by atoms with Gasteiger partial charge < -0.3 is 19.1 Å². The number of hydrogen-bond donors (Lipinski definition) is 0. The SMILES string of the molecule is [2H]C([2H])([2H])c1cc(-n2c3cc(Oc4cccc(N5C=CN(C([2H])([2H])[2H])C5)c4)ccc3c3c2c2ccccc2n3-c2ccccc2)ncc1-c1ccccc1. The Bertz CT molecular complexity index is 2720. The van der Waals surface area contributed by atoms with Crippen LogP contribution in [0.3, 0.4) is 0 Å². The van der Waals surface area contributed by atoms with Crippen LogP contribution in [-0.4, -0.2) is 32.7 Å². The zero-order valence-electron chi connectivity index (χ0n) is 31.8. The second-order valence-electron chi connectivity index (χ2n) is 11.8. The molecule has 0 N–H and O–H groups in total. The van der Waals surface area contributed by atoms with Crippen LogP contribution in [0.5, 0.6) is 11.5 Å². The number of benzene rings is 5. The molecule has 6 nitrogen and oxygen atoms in total. The van der Waals surface area contributed by atoms with E-state index >= 15 is 0 Å². The van der Waals surface area contributed by atoms with Crippen LogP contribution in [0.1, 0.15) is 13.8 Å². The van der Waals surface area contributed by atoms with Gasteiger partial charge in [-0.1, -0.05) is 72.8 Å². The van der Waals surface area contributed by atoms with Crippen LogP contribution in [0.15, 0.2) is 152 Å². The van der Waals surface area contributed by atoms with E-state index in [1.165, 1.54) is 4.90 Å². The second kappa shape index (κ2) is 11.2. The van der Waals surface area contributed by atoms with E-state index in [1.807, 2.05) is 113 Å². The van der Waals surface area contributed by atoms with Gasteiger partial charge in [-0.15, -0.1) is 0 Å². The van der Waals surface area contributed by atoms with Gasteiger partial charge in [0.1, 0.15) is 17.3 Å². The van der Waals surface area contributed by atoms with Gasteiger partial charge in [0.05, 0.1) is 28.7 Å². The number of aryl methyl sites for hydroxylation is 1. The Kier molecular flexibility index (Phi) is 5.21. The molecule has 0 fully saturated rings. The standard InChI is InChI=1S/C42H33N5O/c1-29-24-40(43-27-37(29)30-12-5-3-6-13-30)47-39-26-34(48-33-17-11-16-32(25-33)45-23-22-44(2)28-45)20-21-36(39)41-42(47)35-18-9-10-19-38(35)46(41)31-14-7-4-8-15-31/h3-27H,28H2,1-2H3/i1D3,2D3. The quantitative estimate of drug-likeness (QED) is 0.184. The van der Waals surface area contributed by atoms with E-state index < -0.39 is 13.8 Å².